The average molecular weight is 279 g/mol. The minimum absolute atomic E-state index is 0.800. The molecule has 0 spiro atoms. The van der Waals surface area contributed by atoms with Crippen molar-refractivity contribution in [3.63, 3.8) is 0 Å². The lowest BCUT2D eigenvalue weighted by atomic mass is 10.2. The molecule has 0 bridgehead atoms. The zero-order chi connectivity index (χ0) is 14.1. The summed E-state index contributed by atoms with van der Waals surface area (Å²) in [6.45, 7) is 3.50. The first-order valence-corrected chi connectivity index (χ1v) is 7.27. The van der Waals surface area contributed by atoms with E-state index in [2.05, 4.69) is 56.9 Å². The van der Waals surface area contributed by atoms with Crippen LogP contribution in [0.5, 0.6) is 0 Å². The van der Waals surface area contributed by atoms with Crippen molar-refractivity contribution in [2.75, 3.05) is 31.2 Å². The predicted octanol–water partition coefficient (Wildman–Crippen LogP) is 2.84. The number of ether oxygens (including phenoxy) is 1. The highest BCUT2D eigenvalue weighted by Crippen LogP contribution is 2.32. The van der Waals surface area contributed by atoms with Crippen LogP contribution < -0.4 is 4.90 Å². The second-order valence-electron chi connectivity index (χ2n) is 5.21. The van der Waals surface area contributed by atoms with Crippen LogP contribution in [0.15, 0.2) is 55.0 Å². The molecular formula is C17H17N3O. The van der Waals surface area contributed by atoms with Crippen LogP contribution in [0.2, 0.25) is 0 Å². The Morgan fingerprint density at radius 1 is 1.00 bits per heavy atom. The molecule has 0 unspecified atom stereocenters. The molecule has 0 radical (unpaired) electrons. The maximum absolute atomic E-state index is 5.47. The summed E-state index contributed by atoms with van der Waals surface area (Å²) in [6, 6.07) is 12.7. The van der Waals surface area contributed by atoms with E-state index in [4.69, 9.17) is 4.74 Å². The molecule has 0 amide bonds. The summed E-state index contributed by atoms with van der Waals surface area (Å²) in [7, 11) is 0. The van der Waals surface area contributed by atoms with Gasteiger partial charge in [-0.2, -0.15) is 0 Å². The molecule has 4 nitrogen and oxygen atoms in total. The highest BCUT2D eigenvalue weighted by Gasteiger charge is 2.17. The fourth-order valence-electron chi connectivity index (χ4n) is 2.94. The molecule has 4 heterocycles. The van der Waals surface area contributed by atoms with Gasteiger partial charge in [0, 0.05) is 37.2 Å². The van der Waals surface area contributed by atoms with Crippen molar-refractivity contribution in [1.29, 1.82) is 0 Å². The highest BCUT2D eigenvalue weighted by atomic mass is 16.5. The van der Waals surface area contributed by atoms with E-state index in [0.717, 1.165) is 26.3 Å². The fraction of sp³-hybridized carbons (Fsp3) is 0.235. The Labute approximate surface area is 123 Å². The normalized spacial score (nSPS) is 15.5. The van der Waals surface area contributed by atoms with Crippen molar-refractivity contribution >= 4 is 11.2 Å². The van der Waals surface area contributed by atoms with Crippen molar-refractivity contribution in [1.82, 2.24) is 9.38 Å². The Hall–Kier alpha value is -2.33. The summed E-state index contributed by atoms with van der Waals surface area (Å²) >= 11 is 0. The molecule has 4 heteroatoms. The van der Waals surface area contributed by atoms with E-state index in [1.165, 1.54) is 22.5 Å². The summed E-state index contributed by atoms with van der Waals surface area (Å²) in [4.78, 5) is 6.52. The molecule has 1 fully saturated rings. The van der Waals surface area contributed by atoms with E-state index in [0.29, 0.717) is 0 Å². The lowest BCUT2D eigenvalue weighted by Gasteiger charge is -2.28. The third-order valence-electron chi connectivity index (χ3n) is 3.98. The van der Waals surface area contributed by atoms with Gasteiger partial charge in [-0.15, -0.1) is 0 Å². The molecule has 4 rings (SSSR count). The number of rotatable bonds is 2. The first kappa shape index (κ1) is 12.4. The number of hydrogen-bond donors (Lipinski definition) is 0. The number of fused-ring (bicyclic) bond motifs is 1. The van der Waals surface area contributed by atoms with E-state index < -0.39 is 0 Å². The molecule has 0 N–H and O–H groups in total. The van der Waals surface area contributed by atoms with Gasteiger partial charge in [0.15, 0.2) is 0 Å². The third kappa shape index (κ3) is 2.17. The van der Waals surface area contributed by atoms with Crippen molar-refractivity contribution in [3.8, 4) is 11.3 Å². The first-order valence-electron chi connectivity index (χ1n) is 7.27. The molecule has 21 heavy (non-hydrogen) atoms. The lowest BCUT2D eigenvalue weighted by molar-refractivity contribution is 0.123. The van der Waals surface area contributed by atoms with E-state index in [1.54, 1.807) is 0 Å². The molecular weight excluding hydrogens is 262 g/mol. The average Bonchev–Trinajstić information content (AvgIpc) is 2.96. The zero-order valence-electron chi connectivity index (χ0n) is 11.8. The molecule has 0 aliphatic carbocycles. The Morgan fingerprint density at radius 3 is 2.62 bits per heavy atom. The lowest BCUT2D eigenvalue weighted by Crippen LogP contribution is -2.36. The largest absolute Gasteiger partial charge is 0.378 e. The van der Waals surface area contributed by atoms with Crippen LogP contribution in [0.1, 0.15) is 0 Å². The summed E-state index contributed by atoms with van der Waals surface area (Å²) < 4.78 is 7.72. The smallest absolute Gasteiger partial charge is 0.0690 e. The Bertz CT molecular complexity index is 745. The number of nitrogens with zero attached hydrogens (tertiary/aromatic N) is 3. The molecule has 0 aromatic carbocycles. The van der Waals surface area contributed by atoms with E-state index in [-0.39, 0.29) is 0 Å². The SMILES string of the molecule is c1ccn2c(-c3ccncc3)cc(N3CCOCC3)c2c1. The van der Waals surface area contributed by atoms with Crippen LogP contribution >= 0.6 is 0 Å². The standard InChI is InChI=1S/C17H17N3O/c1-2-8-20-15(3-1)17(19-9-11-21-12-10-19)13-16(20)14-4-6-18-7-5-14/h1-8,13H,9-12H2. The minimum Gasteiger partial charge on any atom is -0.378 e. The first-order chi connectivity index (χ1) is 10.4. The van der Waals surface area contributed by atoms with Gasteiger partial charge >= 0.3 is 0 Å². The monoisotopic (exact) mass is 279 g/mol. The number of hydrogen-bond acceptors (Lipinski definition) is 3. The molecule has 1 aliphatic heterocycles. The van der Waals surface area contributed by atoms with E-state index in [9.17, 15) is 0 Å². The van der Waals surface area contributed by atoms with E-state index >= 15 is 0 Å². The summed E-state index contributed by atoms with van der Waals surface area (Å²) in [5.41, 5.74) is 4.91. The second kappa shape index (κ2) is 5.22. The van der Waals surface area contributed by atoms with E-state index in [1.807, 2.05) is 12.4 Å². The van der Waals surface area contributed by atoms with Crippen molar-refractivity contribution < 1.29 is 4.74 Å². The quantitative estimate of drug-likeness (QED) is 0.722. The number of morpholine rings is 1. The zero-order valence-corrected chi connectivity index (χ0v) is 11.8. The minimum atomic E-state index is 0.800. The van der Waals surface area contributed by atoms with Gasteiger partial charge in [0.2, 0.25) is 0 Å². The Balaban J connectivity index is 1.88. The van der Waals surface area contributed by atoms with Gasteiger partial charge in [0.25, 0.3) is 0 Å². The van der Waals surface area contributed by atoms with Gasteiger partial charge in [-0.1, -0.05) is 6.07 Å². The topological polar surface area (TPSA) is 29.8 Å². The van der Waals surface area contributed by atoms with Gasteiger partial charge in [0.05, 0.1) is 30.1 Å². The van der Waals surface area contributed by atoms with Crippen LogP contribution in [0, 0.1) is 0 Å². The maximum atomic E-state index is 5.47. The van der Waals surface area contributed by atoms with Crippen LogP contribution in [0.4, 0.5) is 5.69 Å². The Kier molecular flexibility index (Phi) is 3.09. The third-order valence-corrected chi connectivity index (χ3v) is 3.98. The molecule has 3 aromatic rings. The molecule has 1 saturated heterocycles. The summed E-state index contributed by atoms with van der Waals surface area (Å²) in [5.74, 6) is 0. The second-order valence-corrected chi connectivity index (χ2v) is 5.21. The molecule has 1 aliphatic rings. The maximum Gasteiger partial charge on any atom is 0.0690 e. The van der Waals surface area contributed by atoms with Gasteiger partial charge < -0.3 is 14.0 Å². The van der Waals surface area contributed by atoms with Crippen LogP contribution in [0.25, 0.3) is 16.8 Å². The van der Waals surface area contributed by atoms with Crippen molar-refractivity contribution in [3.05, 3.63) is 55.0 Å². The molecule has 0 saturated carbocycles. The molecule has 0 atom stereocenters. The summed E-state index contributed by atoms with van der Waals surface area (Å²) in [5, 5.41) is 0. The molecule has 106 valence electrons. The fourth-order valence-corrected chi connectivity index (χ4v) is 2.94. The number of anilines is 1. The van der Waals surface area contributed by atoms with Gasteiger partial charge in [-0.3, -0.25) is 4.98 Å². The van der Waals surface area contributed by atoms with Crippen molar-refractivity contribution in [2.45, 2.75) is 0 Å². The summed E-state index contributed by atoms with van der Waals surface area (Å²) in [6.07, 6.45) is 5.80. The Morgan fingerprint density at radius 2 is 1.81 bits per heavy atom. The number of pyridine rings is 2. The van der Waals surface area contributed by atoms with Gasteiger partial charge in [-0.25, -0.2) is 0 Å². The number of aromatic nitrogens is 2. The van der Waals surface area contributed by atoms with Gasteiger partial charge in [0.1, 0.15) is 0 Å². The van der Waals surface area contributed by atoms with Crippen LogP contribution in [-0.2, 0) is 4.74 Å². The predicted molar refractivity (Wildman–Crippen MR) is 83.7 cm³/mol. The highest BCUT2D eigenvalue weighted by molar-refractivity contribution is 5.82. The van der Waals surface area contributed by atoms with Crippen LogP contribution in [-0.4, -0.2) is 35.7 Å². The molecule has 3 aromatic heterocycles. The van der Waals surface area contributed by atoms with Crippen molar-refractivity contribution in [2.24, 2.45) is 0 Å². The van der Waals surface area contributed by atoms with Gasteiger partial charge in [-0.05, 0) is 30.3 Å². The van der Waals surface area contributed by atoms with Crippen LogP contribution in [0.3, 0.4) is 0 Å².